The van der Waals surface area contributed by atoms with Gasteiger partial charge in [0.25, 0.3) is 5.91 Å². The molecule has 0 unspecified atom stereocenters. The molecule has 2 heterocycles. The lowest BCUT2D eigenvalue weighted by Gasteiger charge is -2.52. The Morgan fingerprint density at radius 1 is 1.11 bits per heavy atom. The Morgan fingerprint density at radius 3 is 2.41 bits per heavy atom. The monoisotopic (exact) mass is 518 g/mol. The van der Waals surface area contributed by atoms with Crippen LogP contribution in [0.3, 0.4) is 0 Å². The minimum atomic E-state index is -1.82. The second-order valence-electron chi connectivity index (χ2n) is 10.2. The molecule has 12 nitrogen and oxygen atoms in total. The fourth-order valence-electron chi connectivity index (χ4n) is 6.08. The first kappa shape index (κ1) is 26.8. The van der Waals surface area contributed by atoms with Crippen molar-refractivity contribution >= 4 is 35.6 Å². The number of imide groups is 2. The lowest BCUT2D eigenvalue weighted by atomic mass is 9.59. The summed E-state index contributed by atoms with van der Waals surface area (Å²) in [6, 6.07) is -0.863. The van der Waals surface area contributed by atoms with Gasteiger partial charge in [-0.2, -0.15) is 0 Å². The van der Waals surface area contributed by atoms with E-state index in [2.05, 4.69) is 15.4 Å². The predicted molar refractivity (Wildman–Crippen MR) is 127 cm³/mol. The molecular formula is C25H34N4O8. The summed E-state index contributed by atoms with van der Waals surface area (Å²) in [6.07, 6.45) is 2.78. The van der Waals surface area contributed by atoms with Gasteiger partial charge in [-0.15, -0.1) is 0 Å². The molecule has 4 atom stereocenters. The number of aliphatic hydroxyl groups is 1. The van der Waals surface area contributed by atoms with Crippen LogP contribution in [0.1, 0.15) is 46.0 Å². The Kier molecular flexibility index (Phi) is 7.40. The zero-order chi connectivity index (χ0) is 27.1. The summed E-state index contributed by atoms with van der Waals surface area (Å²) < 4.78 is 4.66. The van der Waals surface area contributed by atoms with E-state index >= 15 is 0 Å². The summed E-state index contributed by atoms with van der Waals surface area (Å²) in [5, 5.41) is 14.6. The molecule has 4 aliphatic rings. The highest BCUT2D eigenvalue weighted by molar-refractivity contribution is 6.13. The standard InChI is InChI=1S/C25H34N4O8/c1-4-14-15-7-8-16-18(22(34)28(20(16)32)12-17(31)37-3)19(15)25(2,23(35)27-11-13-5-6-13)29(21(14)33)24(36)26-9-10-30/h13,16,18-19,30H,4-12H2,1-3H3,(H,26,36)(H,27,35)/t16-,18-,19+,25+/m1/s1. The van der Waals surface area contributed by atoms with E-state index < -0.39 is 65.5 Å². The molecular weight excluding hydrogens is 484 g/mol. The van der Waals surface area contributed by atoms with Gasteiger partial charge in [-0.1, -0.05) is 12.5 Å². The van der Waals surface area contributed by atoms with Crippen LogP contribution in [0.2, 0.25) is 0 Å². The van der Waals surface area contributed by atoms with Crippen molar-refractivity contribution in [2.24, 2.45) is 23.7 Å². The molecule has 0 aromatic heterocycles. The molecule has 0 radical (unpaired) electrons. The van der Waals surface area contributed by atoms with Crippen LogP contribution in [0.5, 0.6) is 0 Å². The number of likely N-dealkylation sites (tertiary alicyclic amines) is 1. The average molecular weight is 519 g/mol. The molecule has 37 heavy (non-hydrogen) atoms. The van der Waals surface area contributed by atoms with Crippen LogP contribution >= 0.6 is 0 Å². The maximum Gasteiger partial charge on any atom is 0.325 e. The maximum absolute atomic E-state index is 13.9. The maximum atomic E-state index is 13.9. The number of nitrogens with zero attached hydrogens (tertiary/aromatic N) is 2. The highest BCUT2D eigenvalue weighted by Gasteiger charge is 2.65. The summed E-state index contributed by atoms with van der Waals surface area (Å²) in [4.78, 5) is 81.5. The molecule has 0 bridgehead atoms. The largest absolute Gasteiger partial charge is 0.468 e. The molecule has 0 aromatic carbocycles. The molecule has 0 spiro atoms. The Hall–Kier alpha value is -3.28. The number of methoxy groups -OCH3 is 1. The molecule has 12 heteroatoms. The zero-order valence-electron chi connectivity index (χ0n) is 21.4. The third kappa shape index (κ3) is 4.41. The van der Waals surface area contributed by atoms with Crippen molar-refractivity contribution in [1.82, 2.24) is 20.4 Å². The van der Waals surface area contributed by atoms with Gasteiger partial charge in [0.15, 0.2) is 0 Å². The number of amides is 6. The highest BCUT2D eigenvalue weighted by atomic mass is 16.5. The molecule has 202 valence electrons. The second kappa shape index (κ2) is 10.2. The second-order valence-corrected chi connectivity index (χ2v) is 10.2. The molecule has 2 saturated carbocycles. The van der Waals surface area contributed by atoms with E-state index in [0.717, 1.165) is 29.8 Å². The molecule has 0 aromatic rings. The van der Waals surface area contributed by atoms with E-state index in [1.807, 2.05) is 0 Å². The lowest BCUT2D eigenvalue weighted by molar-refractivity contribution is -0.152. The van der Waals surface area contributed by atoms with Crippen molar-refractivity contribution in [3.8, 4) is 0 Å². The topological polar surface area (TPSA) is 162 Å². The molecule has 1 saturated heterocycles. The minimum absolute atomic E-state index is 0.137. The third-order valence-corrected chi connectivity index (χ3v) is 8.11. The van der Waals surface area contributed by atoms with Gasteiger partial charge in [0.1, 0.15) is 12.1 Å². The molecule has 3 N–H and O–H groups in total. The van der Waals surface area contributed by atoms with Gasteiger partial charge in [0.05, 0.1) is 25.6 Å². The van der Waals surface area contributed by atoms with Gasteiger partial charge < -0.3 is 20.5 Å². The van der Waals surface area contributed by atoms with E-state index in [9.17, 15) is 33.9 Å². The van der Waals surface area contributed by atoms with E-state index in [4.69, 9.17) is 0 Å². The number of esters is 1. The SMILES string of the molecule is CCC1=C2CC[C@H]3C(=O)N(CC(=O)OC)C(=O)[C@H]3[C@H]2[C@@](C)(C(=O)NCC2CC2)N(C(=O)NCCO)C1=O. The first-order chi connectivity index (χ1) is 17.6. The summed E-state index contributed by atoms with van der Waals surface area (Å²) in [7, 11) is 1.16. The van der Waals surface area contributed by atoms with Gasteiger partial charge in [-0.05, 0) is 44.9 Å². The van der Waals surface area contributed by atoms with Crippen LogP contribution in [-0.2, 0) is 28.7 Å². The van der Waals surface area contributed by atoms with Crippen LogP contribution in [0, 0.1) is 23.7 Å². The number of fused-ring (bicyclic) bond motifs is 3. The average Bonchev–Trinajstić information content (AvgIpc) is 3.68. The fourth-order valence-corrected chi connectivity index (χ4v) is 6.08. The quantitative estimate of drug-likeness (QED) is 0.292. The van der Waals surface area contributed by atoms with E-state index in [-0.39, 0.29) is 26.0 Å². The van der Waals surface area contributed by atoms with Crippen molar-refractivity contribution < 1.29 is 38.6 Å². The zero-order valence-corrected chi connectivity index (χ0v) is 21.4. The Morgan fingerprint density at radius 2 is 1.81 bits per heavy atom. The number of rotatable bonds is 8. The molecule has 4 rings (SSSR count). The first-order valence-corrected chi connectivity index (χ1v) is 12.8. The predicted octanol–water partition coefficient (Wildman–Crippen LogP) is -0.294. The summed E-state index contributed by atoms with van der Waals surface area (Å²) in [5.41, 5.74) is -0.882. The van der Waals surface area contributed by atoms with Crippen molar-refractivity contribution in [3.63, 3.8) is 0 Å². The number of urea groups is 1. The number of nitrogens with one attached hydrogen (secondary N) is 2. The fraction of sp³-hybridized carbons (Fsp3) is 0.680. The van der Waals surface area contributed by atoms with E-state index in [1.54, 1.807) is 6.92 Å². The molecule has 2 aliphatic heterocycles. The number of carbonyl (C=O) groups excluding carboxylic acids is 6. The first-order valence-electron chi connectivity index (χ1n) is 12.8. The number of hydrogen-bond donors (Lipinski definition) is 3. The van der Waals surface area contributed by atoms with Crippen molar-refractivity contribution in [2.75, 3.05) is 33.4 Å². The van der Waals surface area contributed by atoms with E-state index in [1.165, 1.54) is 6.92 Å². The summed E-state index contributed by atoms with van der Waals surface area (Å²) in [5.74, 6) is -5.57. The molecule has 6 amide bonds. The van der Waals surface area contributed by atoms with Gasteiger partial charge in [0, 0.05) is 24.6 Å². The number of ether oxygens (including phenoxy) is 1. The number of aliphatic hydroxyl groups excluding tert-OH is 1. The van der Waals surface area contributed by atoms with Crippen LogP contribution in [0.25, 0.3) is 0 Å². The Balaban J connectivity index is 1.84. The highest BCUT2D eigenvalue weighted by Crippen LogP contribution is 2.54. The van der Waals surface area contributed by atoms with Crippen molar-refractivity contribution in [3.05, 3.63) is 11.1 Å². The van der Waals surface area contributed by atoms with Crippen LogP contribution in [0.15, 0.2) is 11.1 Å². The number of carbonyl (C=O) groups is 6. The van der Waals surface area contributed by atoms with Gasteiger partial charge >= 0.3 is 12.0 Å². The van der Waals surface area contributed by atoms with Gasteiger partial charge in [-0.25, -0.2) is 9.69 Å². The normalized spacial score (nSPS) is 29.2. The molecule has 3 fully saturated rings. The van der Waals surface area contributed by atoms with Crippen molar-refractivity contribution in [2.45, 2.75) is 51.5 Å². The summed E-state index contributed by atoms with van der Waals surface area (Å²) >= 11 is 0. The third-order valence-electron chi connectivity index (χ3n) is 8.11. The van der Waals surface area contributed by atoms with Crippen LogP contribution in [-0.4, -0.2) is 89.4 Å². The minimum Gasteiger partial charge on any atom is -0.468 e. The number of hydrogen-bond acceptors (Lipinski definition) is 8. The van der Waals surface area contributed by atoms with Crippen LogP contribution < -0.4 is 10.6 Å². The lowest BCUT2D eigenvalue weighted by Crippen LogP contribution is -2.71. The Bertz CT molecular complexity index is 1070. The Labute approximate surface area is 214 Å². The van der Waals surface area contributed by atoms with Crippen molar-refractivity contribution in [1.29, 1.82) is 0 Å². The van der Waals surface area contributed by atoms with Gasteiger partial charge in [0.2, 0.25) is 17.7 Å². The van der Waals surface area contributed by atoms with Gasteiger partial charge in [-0.3, -0.25) is 28.9 Å². The smallest absolute Gasteiger partial charge is 0.325 e. The van der Waals surface area contributed by atoms with Crippen LogP contribution in [0.4, 0.5) is 4.79 Å². The molecule has 2 aliphatic carbocycles. The summed E-state index contributed by atoms with van der Waals surface area (Å²) in [6.45, 7) is 2.54. The van der Waals surface area contributed by atoms with E-state index in [0.29, 0.717) is 30.0 Å².